The number of fused-ring (bicyclic) bond motifs is 6. The van der Waals surface area contributed by atoms with Crippen molar-refractivity contribution in [3.63, 3.8) is 0 Å². The molecule has 6 heteroatoms. The molecule has 1 aliphatic carbocycles. The SMILES string of the molecule is Nc1ccc(C(=O)COC(=O)c2ccc3ccccn23)nc1.c1ccc2c(c1)ccc1c3c(ccc12)CCCC3. The lowest BCUT2D eigenvalue weighted by Crippen LogP contribution is -2.16. The number of pyridine rings is 2. The summed E-state index contributed by atoms with van der Waals surface area (Å²) in [5.41, 5.74) is 10.6. The van der Waals surface area contributed by atoms with E-state index in [4.69, 9.17) is 10.5 Å². The highest BCUT2D eigenvalue weighted by Gasteiger charge is 2.16. The molecule has 0 saturated carbocycles. The summed E-state index contributed by atoms with van der Waals surface area (Å²) in [6.45, 7) is -0.365. The zero-order chi connectivity index (χ0) is 27.5. The molecule has 2 N–H and O–H groups in total. The van der Waals surface area contributed by atoms with E-state index in [1.165, 1.54) is 59.5 Å². The molecular formula is C34H29N3O3. The maximum absolute atomic E-state index is 12.1. The van der Waals surface area contributed by atoms with E-state index in [0.717, 1.165) is 5.52 Å². The lowest BCUT2D eigenvalue weighted by atomic mass is 9.86. The summed E-state index contributed by atoms with van der Waals surface area (Å²) < 4.78 is 6.76. The molecule has 6 aromatic rings. The predicted octanol–water partition coefficient (Wildman–Crippen LogP) is 6.83. The Balaban J connectivity index is 0.000000147. The van der Waals surface area contributed by atoms with Crippen LogP contribution in [0, 0.1) is 0 Å². The minimum atomic E-state index is -0.560. The van der Waals surface area contributed by atoms with Gasteiger partial charge in [-0.1, -0.05) is 54.6 Å². The lowest BCUT2D eigenvalue weighted by Gasteiger charge is -2.18. The number of benzene rings is 3. The number of hydrogen-bond acceptors (Lipinski definition) is 5. The van der Waals surface area contributed by atoms with Gasteiger partial charge in [0.15, 0.2) is 6.61 Å². The Morgan fingerprint density at radius 1 is 0.800 bits per heavy atom. The smallest absolute Gasteiger partial charge is 0.355 e. The molecule has 3 heterocycles. The number of nitrogens with zero attached hydrogens (tertiary/aromatic N) is 2. The van der Waals surface area contributed by atoms with Gasteiger partial charge in [-0.2, -0.15) is 0 Å². The summed E-state index contributed by atoms with van der Waals surface area (Å²) >= 11 is 0. The maximum atomic E-state index is 12.1. The number of hydrogen-bond donors (Lipinski definition) is 1. The van der Waals surface area contributed by atoms with Crippen LogP contribution in [0.5, 0.6) is 0 Å². The van der Waals surface area contributed by atoms with Gasteiger partial charge in [0.1, 0.15) is 11.4 Å². The molecule has 0 radical (unpaired) electrons. The molecule has 3 aromatic heterocycles. The monoisotopic (exact) mass is 527 g/mol. The summed E-state index contributed by atoms with van der Waals surface area (Å²) in [7, 11) is 0. The first-order valence-electron chi connectivity index (χ1n) is 13.5. The molecule has 1 aliphatic rings. The van der Waals surface area contributed by atoms with Crippen molar-refractivity contribution in [3.05, 3.63) is 126 Å². The lowest BCUT2D eigenvalue weighted by molar-refractivity contribution is 0.0466. The summed E-state index contributed by atoms with van der Waals surface area (Å²) in [6.07, 6.45) is 8.36. The van der Waals surface area contributed by atoms with Gasteiger partial charge >= 0.3 is 5.97 Å². The highest BCUT2D eigenvalue weighted by atomic mass is 16.5. The molecule has 0 unspecified atom stereocenters. The second kappa shape index (κ2) is 11.0. The molecule has 6 nitrogen and oxygen atoms in total. The van der Waals surface area contributed by atoms with Crippen molar-refractivity contribution in [1.29, 1.82) is 0 Å². The normalized spacial score (nSPS) is 12.5. The Labute approximate surface area is 232 Å². The molecule has 3 aromatic carbocycles. The third kappa shape index (κ3) is 5.04. The van der Waals surface area contributed by atoms with Crippen LogP contribution in [0.1, 0.15) is 44.9 Å². The number of carbonyl (C=O) groups excluding carboxylic acids is 2. The molecule has 0 atom stereocenters. The number of ether oxygens (including phenoxy) is 1. The highest BCUT2D eigenvalue weighted by molar-refractivity contribution is 6.08. The third-order valence-corrected chi connectivity index (χ3v) is 7.44. The molecule has 0 bridgehead atoms. The minimum Gasteiger partial charge on any atom is -0.453 e. The van der Waals surface area contributed by atoms with Gasteiger partial charge in [-0.25, -0.2) is 4.79 Å². The Kier molecular flexibility index (Phi) is 6.98. The molecule has 0 saturated heterocycles. The van der Waals surface area contributed by atoms with Crippen LogP contribution in [-0.4, -0.2) is 27.7 Å². The zero-order valence-corrected chi connectivity index (χ0v) is 22.0. The zero-order valence-electron chi connectivity index (χ0n) is 22.0. The summed E-state index contributed by atoms with van der Waals surface area (Å²) in [6, 6.07) is 30.1. The van der Waals surface area contributed by atoms with Crippen molar-refractivity contribution in [1.82, 2.24) is 9.38 Å². The van der Waals surface area contributed by atoms with E-state index in [0.29, 0.717) is 11.4 Å². The van der Waals surface area contributed by atoms with Crippen LogP contribution in [0.25, 0.3) is 27.1 Å². The topological polar surface area (TPSA) is 86.7 Å². The standard InChI is InChI=1S/C18H16.C16H13N3O3/c1-3-7-15-13(5-1)9-11-18-16-8-4-2-6-14(16)10-12-17(15)18;17-11-4-6-13(18-9-11)15(20)10-22-16(21)14-7-5-12-3-1-2-8-19(12)14/h1,3,5,7,9-12H,2,4,6,8H2;1-9H,10,17H2. The number of ketones is 1. The quantitative estimate of drug-likeness (QED) is 0.154. The van der Waals surface area contributed by atoms with E-state index in [2.05, 4.69) is 53.5 Å². The fourth-order valence-electron chi connectivity index (χ4n) is 5.41. The number of nitrogen functional groups attached to an aromatic ring is 1. The van der Waals surface area contributed by atoms with Gasteiger partial charge in [0.05, 0.1) is 11.9 Å². The van der Waals surface area contributed by atoms with Crippen LogP contribution in [-0.2, 0) is 17.6 Å². The molecule has 0 amide bonds. The average molecular weight is 528 g/mol. The molecule has 0 fully saturated rings. The van der Waals surface area contributed by atoms with Crippen molar-refractivity contribution in [2.45, 2.75) is 25.7 Å². The van der Waals surface area contributed by atoms with Gasteiger partial charge < -0.3 is 14.9 Å². The largest absolute Gasteiger partial charge is 0.453 e. The van der Waals surface area contributed by atoms with Crippen molar-refractivity contribution >= 4 is 44.5 Å². The highest BCUT2D eigenvalue weighted by Crippen LogP contribution is 2.33. The number of aryl methyl sites for hydroxylation is 2. The molecule has 0 spiro atoms. The van der Waals surface area contributed by atoms with Crippen LogP contribution >= 0.6 is 0 Å². The Hall–Kier alpha value is -4.97. The van der Waals surface area contributed by atoms with E-state index in [9.17, 15) is 9.59 Å². The van der Waals surface area contributed by atoms with E-state index in [1.807, 2.05) is 18.2 Å². The molecule has 198 valence electrons. The first-order chi connectivity index (χ1) is 19.6. The number of nitrogens with two attached hydrogens (primary N) is 1. The van der Waals surface area contributed by atoms with Gasteiger partial charge in [-0.15, -0.1) is 0 Å². The number of Topliss-reactive ketones (excluding diaryl/α,β-unsaturated/α-hetero) is 1. The van der Waals surface area contributed by atoms with E-state index in [-0.39, 0.29) is 18.1 Å². The van der Waals surface area contributed by atoms with E-state index >= 15 is 0 Å². The average Bonchev–Trinajstić information content (AvgIpc) is 3.44. The van der Waals surface area contributed by atoms with Crippen molar-refractivity contribution in [3.8, 4) is 0 Å². The molecule has 7 rings (SSSR count). The number of aromatic nitrogens is 2. The Morgan fingerprint density at radius 3 is 2.50 bits per heavy atom. The summed E-state index contributed by atoms with van der Waals surface area (Å²) in [5.74, 6) is -0.941. The molecule has 0 aliphatic heterocycles. The second-order valence-corrected chi connectivity index (χ2v) is 9.98. The van der Waals surface area contributed by atoms with Gasteiger partial charge in [0, 0.05) is 11.7 Å². The van der Waals surface area contributed by atoms with Crippen LogP contribution in [0.3, 0.4) is 0 Å². The van der Waals surface area contributed by atoms with Gasteiger partial charge in [0.25, 0.3) is 0 Å². The Morgan fingerprint density at radius 2 is 1.62 bits per heavy atom. The summed E-state index contributed by atoms with van der Waals surface area (Å²) in [4.78, 5) is 27.9. The number of anilines is 1. The molecular weight excluding hydrogens is 498 g/mol. The third-order valence-electron chi connectivity index (χ3n) is 7.44. The summed E-state index contributed by atoms with van der Waals surface area (Å²) in [5, 5.41) is 5.64. The van der Waals surface area contributed by atoms with Gasteiger partial charge in [-0.3, -0.25) is 9.78 Å². The van der Waals surface area contributed by atoms with Crippen LogP contribution in [0.15, 0.2) is 103 Å². The fraction of sp³-hybridized carbons (Fsp3) is 0.147. The fourth-order valence-corrected chi connectivity index (χ4v) is 5.41. The van der Waals surface area contributed by atoms with E-state index < -0.39 is 5.97 Å². The van der Waals surface area contributed by atoms with Crippen molar-refractivity contribution in [2.75, 3.05) is 12.3 Å². The van der Waals surface area contributed by atoms with Crippen LogP contribution < -0.4 is 5.73 Å². The maximum Gasteiger partial charge on any atom is 0.355 e. The number of esters is 1. The van der Waals surface area contributed by atoms with Gasteiger partial charge in [-0.05, 0) is 94.8 Å². The number of carbonyl (C=O) groups is 2. The first-order valence-corrected chi connectivity index (χ1v) is 13.5. The number of rotatable bonds is 4. The Bertz CT molecular complexity index is 1850. The van der Waals surface area contributed by atoms with Crippen LogP contribution in [0.2, 0.25) is 0 Å². The first kappa shape index (κ1) is 25.3. The second-order valence-electron chi connectivity index (χ2n) is 9.98. The van der Waals surface area contributed by atoms with Gasteiger partial charge in [0.2, 0.25) is 5.78 Å². The van der Waals surface area contributed by atoms with Crippen molar-refractivity contribution in [2.24, 2.45) is 0 Å². The van der Waals surface area contributed by atoms with Crippen molar-refractivity contribution < 1.29 is 14.3 Å². The molecule has 40 heavy (non-hydrogen) atoms. The van der Waals surface area contributed by atoms with Crippen LogP contribution in [0.4, 0.5) is 5.69 Å². The minimum absolute atomic E-state index is 0.210. The predicted molar refractivity (Wildman–Crippen MR) is 159 cm³/mol. The van der Waals surface area contributed by atoms with E-state index in [1.54, 1.807) is 39.9 Å².